The van der Waals surface area contributed by atoms with Gasteiger partial charge in [-0.25, -0.2) is 16.8 Å². The second-order valence-electron chi connectivity index (χ2n) is 7.26. The van der Waals surface area contributed by atoms with Gasteiger partial charge < -0.3 is 0 Å². The zero-order valence-corrected chi connectivity index (χ0v) is 20.7. The number of halogens is 3. The number of sulfone groups is 1. The maximum Gasteiger partial charge on any atom is 0.264 e. The van der Waals surface area contributed by atoms with Crippen LogP contribution in [0.2, 0.25) is 15.1 Å². The van der Waals surface area contributed by atoms with E-state index in [0.717, 1.165) is 0 Å². The number of nitrogens with zero attached hydrogens (tertiary/aromatic N) is 1. The molecule has 0 amide bonds. The van der Waals surface area contributed by atoms with Crippen molar-refractivity contribution < 1.29 is 16.8 Å². The van der Waals surface area contributed by atoms with Gasteiger partial charge in [0, 0.05) is 16.1 Å². The molecular weight excluding hydrogens is 489 g/mol. The minimum atomic E-state index is -4.01. The standard InChI is InChI=1S/C20H24Cl3NO4S2/c1-14(2)29(25,26)12-4-5-15(3)24(20-13-17(22)8-11-19(20)23)30(27,28)18-9-6-16(21)7-10-18/h6-11,13-15H,4-5,12H2,1-3H3/t15-/m1/s1. The molecular formula is C20H24Cl3NO4S2. The van der Waals surface area contributed by atoms with Crippen molar-refractivity contribution in [2.24, 2.45) is 0 Å². The summed E-state index contributed by atoms with van der Waals surface area (Å²) >= 11 is 18.3. The van der Waals surface area contributed by atoms with Crippen LogP contribution in [0.25, 0.3) is 0 Å². The zero-order valence-electron chi connectivity index (χ0n) is 16.8. The van der Waals surface area contributed by atoms with Crippen LogP contribution < -0.4 is 4.31 Å². The first-order valence-electron chi connectivity index (χ1n) is 9.33. The van der Waals surface area contributed by atoms with Crippen molar-refractivity contribution in [2.75, 3.05) is 10.1 Å². The Morgan fingerprint density at radius 3 is 2.00 bits per heavy atom. The summed E-state index contributed by atoms with van der Waals surface area (Å²) in [6.07, 6.45) is 0.633. The minimum Gasteiger partial charge on any atom is -0.262 e. The van der Waals surface area contributed by atoms with Gasteiger partial charge in [0.25, 0.3) is 10.0 Å². The summed E-state index contributed by atoms with van der Waals surface area (Å²) in [6, 6.07) is 9.83. The summed E-state index contributed by atoms with van der Waals surface area (Å²) in [5.41, 5.74) is 0.235. The molecule has 0 bridgehead atoms. The number of rotatable bonds is 9. The van der Waals surface area contributed by atoms with Crippen LogP contribution in [-0.4, -0.2) is 33.9 Å². The van der Waals surface area contributed by atoms with E-state index in [1.165, 1.54) is 40.7 Å². The average molecular weight is 513 g/mol. The van der Waals surface area contributed by atoms with Gasteiger partial charge >= 0.3 is 0 Å². The van der Waals surface area contributed by atoms with Crippen molar-refractivity contribution in [1.29, 1.82) is 0 Å². The zero-order chi connectivity index (χ0) is 22.7. The van der Waals surface area contributed by atoms with E-state index in [1.807, 2.05) is 0 Å². The Balaban J connectivity index is 2.44. The van der Waals surface area contributed by atoms with E-state index < -0.39 is 31.2 Å². The molecule has 2 rings (SSSR count). The lowest BCUT2D eigenvalue weighted by molar-refractivity contribution is 0.563. The maximum absolute atomic E-state index is 13.5. The topological polar surface area (TPSA) is 71.5 Å². The molecule has 0 N–H and O–H groups in total. The van der Waals surface area contributed by atoms with Gasteiger partial charge in [-0.05, 0) is 76.1 Å². The molecule has 2 aromatic carbocycles. The lowest BCUT2D eigenvalue weighted by Crippen LogP contribution is -2.39. The van der Waals surface area contributed by atoms with Gasteiger partial charge in [0.2, 0.25) is 0 Å². The molecule has 0 saturated carbocycles. The quantitative estimate of drug-likeness (QED) is 0.423. The monoisotopic (exact) mass is 511 g/mol. The molecule has 0 aromatic heterocycles. The van der Waals surface area contributed by atoms with Gasteiger partial charge in [-0.1, -0.05) is 34.8 Å². The van der Waals surface area contributed by atoms with Crippen LogP contribution in [0, 0.1) is 0 Å². The van der Waals surface area contributed by atoms with Crippen LogP contribution >= 0.6 is 34.8 Å². The fraction of sp³-hybridized carbons (Fsp3) is 0.400. The van der Waals surface area contributed by atoms with E-state index in [1.54, 1.807) is 26.8 Å². The lowest BCUT2D eigenvalue weighted by atomic mass is 10.2. The van der Waals surface area contributed by atoms with Gasteiger partial charge in [0.05, 0.1) is 26.6 Å². The fourth-order valence-electron chi connectivity index (χ4n) is 2.91. The highest BCUT2D eigenvalue weighted by atomic mass is 35.5. The van der Waals surface area contributed by atoms with Crippen molar-refractivity contribution in [1.82, 2.24) is 0 Å². The van der Waals surface area contributed by atoms with E-state index in [0.29, 0.717) is 22.9 Å². The Kier molecular flexibility index (Phi) is 8.50. The van der Waals surface area contributed by atoms with Crippen LogP contribution in [0.1, 0.15) is 33.6 Å². The summed E-state index contributed by atoms with van der Waals surface area (Å²) in [5.74, 6) is -0.0207. The van der Waals surface area contributed by atoms with E-state index in [-0.39, 0.29) is 21.4 Å². The lowest BCUT2D eigenvalue weighted by Gasteiger charge is -2.31. The average Bonchev–Trinajstić information content (AvgIpc) is 2.64. The second kappa shape index (κ2) is 10.1. The highest BCUT2D eigenvalue weighted by molar-refractivity contribution is 7.93. The third kappa shape index (κ3) is 6.04. The number of sulfonamides is 1. The summed E-state index contributed by atoms with van der Waals surface area (Å²) < 4.78 is 52.4. The Morgan fingerprint density at radius 2 is 1.43 bits per heavy atom. The van der Waals surface area contributed by atoms with Crippen LogP contribution in [-0.2, 0) is 19.9 Å². The van der Waals surface area contributed by atoms with Gasteiger partial charge in [-0.3, -0.25) is 4.31 Å². The highest BCUT2D eigenvalue weighted by Gasteiger charge is 2.31. The van der Waals surface area contributed by atoms with Crippen molar-refractivity contribution in [3.8, 4) is 0 Å². The minimum absolute atomic E-state index is 0.0207. The molecule has 0 radical (unpaired) electrons. The SMILES string of the molecule is CC(C)S(=O)(=O)CCC[C@@H](C)N(c1cc(Cl)ccc1Cl)S(=O)(=O)c1ccc(Cl)cc1. The van der Waals surface area contributed by atoms with Crippen LogP contribution in [0.4, 0.5) is 5.69 Å². The van der Waals surface area contributed by atoms with Crippen LogP contribution in [0.15, 0.2) is 47.4 Å². The second-order valence-corrected chi connectivity index (χ2v) is 13.0. The molecule has 2 aromatic rings. The molecule has 0 unspecified atom stereocenters. The molecule has 166 valence electrons. The van der Waals surface area contributed by atoms with Gasteiger partial charge in [0.1, 0.15) is 0 Å². The van der Waals surface area contributed by atoms with Crippen molar-refractivity contribution in [3.63, 3.8) is 0 Å². The molecule has 0 aliphatic carbocycles. The smallest absolute Gasteiger partial charge is 0.262 e. The Bertz CT molecular complexity index is 1090. The first-order valence-corrected chi connectivity index (χ1v) is 13.6. The van der Waals surface area contributed by atoms with Crippen molar-refractivity contribution in [3.05, 3.63) is 57.5 Å². The van der Waals surface area contributed by atoms with Gasteiger partial charge in [0.15, 0.2) is 9.84 Å². The molecule has 0 heterocycles. The predicted octanol–water partition coefficient (Wildman–Crippen LogP) is 5.83. The first kappa shape index (κ1) is 25.3. The highest BCUT2D eigenvalue weighted by Crippen LogP contribution is 2.35. The molecule has 0 fully saturated rings. The number of benzene rings is 2. The third-order valence-corrected chi connectivity index (χ3v) is 9.73. The Hall–Kier alpha value is -0.990. The fourth-order valence-corrected chi connectivity index (χ4v) is 6.20. The largest absolute Gasteiger partial charge is 0.264 e. The normalized spacial score (nSPS) is 13.4. The third-order valence-electron chi connectivity index (χ3n) is 4.69. The van der Waals surface area contributed by atoms with E-state index in [4.69, 9.17) is 34.8 Å². The predicted molar refractivity (Wildman–Crippen MR) is 125 cm³/mol. The van der Waals surface area contributed by atoms with Crippen LogP contribution in [0.3, 0.4) is 0 Å². The summed E-state index contributed by atoms with van der Waals surface area (Å²) in [4.78, 5) is 0.0459. The van der Waals surface area contributed by atoms with Gasteiger partial charge in [-0.2, -0.15) is 0 Å². The van der Waals surface area contributed by atoms with E-state index in [2.05, 4.69) is 0 Å². The Labute approximate surface area is 193 Å². The molecule has 5 nitrogen and oxygen atoms in total. The molecule has 0 aliphatic rings. The Morgan fingerprint density at radius 1 is 0.867 bits per heavy atom. The number of hydrogen-bond donors (Lipinski definition) is 0. The first-order chi connectivity index (χ1) is 13.9. The molecule has 0 spiro atoms. The number of anilines is 1. The summed E-state index contributed by atoms with van der Waals surface area (Å²) in [6.45, 7) is 4.97. The molecule has 0 saturated heterocycles. The molecule has 1 atom stereocenters. The molecule has 30 heavy (non-hydrogen) atoms. The maximum atomic E-state index is 13.5. The number of hydrogen-bond acceptors (Lipinski definition) is 4. The van der Waals surface area contributed by atoms with E-state index >= 15 is 0 Å². The van der Waals surface area contributed by atoms with Crippen molar-refractivity contribution in [2.45, 2.75) is 49.8 Å². The summed E-state index contributed by atoms with van der Waals surface area (Å²) in [5, 5.41) is 0.483. The van der Waals surface area contributed by atoms with E-state index in [9.17, 15) is 16.8 Å². The molecule has 0 aliphatic heterocycles. The van der Waals surface area contributed by atoms with Crippen molar-refractivity contribution >= 4 is 60.4 Å². The van der Waals surface area contributed by atoms with Crippen LogP contribution in [0.5, 0.6) is 0 Å². The molecule has 10 heteroatoms. The summed E-state index contributed by atoms with van der Waals surface area (Å²) in [7, 11) is -7.23. The van der Waals surface area contributed by atoms with Gasteiger partial charge in [-0.15, -0.1) is 0 Å².